The Labute approximate surface area is 166 Å². The van der Waals surface area contributed by atoms with Gasteiger partial charge in [0.1, 0.15) is 11.6 Å². The first-order chi connectivity index (χ1) is 13.5. The summed E-state index contributed by atoms with van der Waals surface area (Å²) in [6.07, 6.45) is 2.56. The maximum Gasteiger partial charge on any atom is 0.264 e. The lowest BCUT2D eigenvalue weighted by Crippen LogP contribution is -2.19. The number of halogens is 1. The van der Waals surface area contributed by atoms with E-state index in [9.17, 15) is 9.18 Å². The molecule has 0 saturated heterocycles. The van der Waals surface area contributed by atoms with Crippen molar-refractivity contribution in [2.45, 2.75) is 19.8 Å². The molecule has 0 unspecified atom stereocenters. The second kappa shape index (κ2) is 9.11. The largest absolute Gasteiger partial charge is 0.484 e. The highest BCUT2D eigenvalue weighted by Gasteiger charge is 2.09. The number of amides is 1. The number of thiazole rings is 1. The van der Waals surface area contributed by atoms with Crippen LogP contribution < -0.4 is 10.1 Å². The molecular formula is C21H18FN3O2S. The first-order valence-corrected chi connectivity index (χ1v) is 9.43. The van der Waals surface area contributed by atoms with Crippen molar-refractivity contribution in [2.24, 2.45) is 0 Å². The van der Waals surface area contributed by atoms with E-state index in [0.29, 0.717) is 29.3 Å². The lowest BCUT2D eigenvalue weighted by molar-refractivity contribution is -0.118. The number of nitrogens with one attached hydrogen (secondary N) is 1. The van der Waals surface area contributed by atoms with Crippen LogP contribution in [0.25, 0.3) is 0 Å². The number of rotatable bonds is 7. The second-order valence-electron chi connectivity index (χ2n) is 6.21. The maximum atomic E-state index is 13.6. The van der Waals surface area contributed by atoms with Crippen molar-refractivity contribution < 1.29 is 13.9 Å². The van der Waals surface area contributed by atoms with E-state index >= 15 is 0 Å². The highest BCUT2D eigenvalue weighted by molar-refractivity contribution is 7.15. The number of nitriles is 1. The molecule has 0 bridgehead atoms. The van der Waals surface area contributed by atoms with Gasteiger partial charge in [-0.3, -0.25) is 10.1 Å². The molecule has 3 rings (SSSR count). The average Bonchev–Trinajstić information content (AvgIpc) is 3.11. The zero-order valence-electron chi connectivity index (χ0n) is 15.2. The summed E-state index contributed by atoms with van der Waals surface area (Å²) < 4.78 is 19.1. The van der Waals surface area contributed by atoms with Gasteiger partial charge in [0.05, 0.1) is 12.5 Å². The van der Waals surface area contributed by atoms with Crippen LogP contribution in [0.4, 0.5) is 9.52 Å². The van der Waals surface area contributed by atoms with Gasteiger partial charge in [-0.1, -0.05) is 24.3 Å². The van der Waals surface area contributed by atoms with Gasteiger partial charge in [-0.25, -0.2) is 9.37 Å². The molecule has 1 heterocycles. The molecule has 0 spiro atoms. The lowest BCUT2D eigenvalue weighted by Gasteiger charge is -2.06. The molecule has 0 aliphatic heterocycles. The fourth-order valence-corrected chi connectivity index (χ4v) is 3.36. The summed E-state index contributed by atoms with van der Waals surface area (Å²) in [6.45, 7) is 1.58. The Morgan fingerprint density at radius 2 is 2.00 bits per heavy atom. The Hall–Kier alpha value is -3.24. The second-order valence-corrected chi connectivity index (χ2v) is 7.32. The normalized spacial score (nSPS) is 10.3. The van der Waals surface area contributed by atoms with Gasteiger partial charge in [0.25, 0.3) is 5.91 Å². The summed E-state index contributed by atoms with van der Waals surface area (Å²) in [5, 5.41) is 11.8. The number of carbonyl (C=O) groups is 1. The van der Waals surface area contributed by atoms with E-state index in [-0.39, 0.29) is 18.3 Å². The highest BCUT2D eigenvalue weighted by atomic mass is 32.1. The minimum atomic E-state index is -0.316. The van der Waals surface area contributed by atoms with Crippen molar-refractivity contribution >= 4 is 22.4 Å². The van der Waals surface area contributed by atoms with E-state index < -0.39 is 0 Å². The number of benzene rings is 2. The molecule has 2 aromatic carbocycles. The van der Waals surface area contributed by atoms with Crippen LogP contribution in [-0.4, -0.2) is 17.5 Å². The molecule has 28 heavy (non-hydrogen) atoms. The van der Waals surface area contributed by atoms with Crippen LogP contribution in [0.3, 0.4) is 0 Å². The molecule has 0 radical (unpaired) electrons. The third kappa shape index (κ3) is 5.38. The standard InChI is InChI=1S/C21H18FN3O2S/c1-14-2-3-16(11-19(14)22)10-18-12-24-21(28-18)25-20(26)13-27-17-6-4-15(5-7-17)8-9-23/h2-7,11-12H,8,10,13H2,1H3,(H,24,25,26). The van der Waals surface area contributed by atoms with Gasteiger partial charge in [-0.05, 0) is 41.8 Å². The van der Waals surface area contributed by atoms with E-state index in [4.69, 9.17) is 10.00 Å². The summed E-state index contributed by atoms with van der Waals surface area (Å²) in [6, 6.07) is 14.2. The van der Waals surface area contributed by atoms with Gasteiger partial charge in [-0.2, -0.15) is 5.26 Å². The third-order valence-electron chi connectivity index (χ3n) is 3.99. The zero-order valence-corrected chi connectivity index (χ0v) is 16.1. The Morgan fingerprint density at radius 3 is 2.71 bits per heavy atom. The number of ether oxygens (including phenoxy) is 1. The van der Waals surface area contributed by atoms with Crippen molar-refractivity contribution in [1.82, 2.24) is 4.98 Å². The molecule has 0 fully saturated rings. The number of hydrogen-bond donors (Lipinski definition) is 1. The van der Waals surface area contributed by atoms with Gasteiger partial charge in [0, 0.05) is 17.5 Å². The first-order valence-electron chi connectivity index (χ1n) is 8.62. The van der Waals surface area contributed by atoms with Crippen molar-refractivity contribution in [3.63, 3.8) is 0 Å². The molecule has 142 valence electrons. The van der Waals surface area contributed by atoms with Gasteiger partial charge in [0.15, 0.2) is 11.7 Å². The number of hydrogen-bond acceptors (Lipinski definition) is 5. The molecule has 1 aromatic heterocycles. The molecular weight excluding hydrogens is 377 g/mol. The van der Waals surface area contributed by atoms with Gasteiger partial charge < -0.3 is 4.74 Å². The number of nitrogens with zero attached hydrogens (tertiary/aromatic N) is 2. The number of carbonyl (C=O) groups excluding carboxylic acids is 1. The summed E-state index contributed by atoms with van der Waals surface area (Å²) >= 11 is 1.34. The molecule has 0 saturated carbocycles. The molecule has 1 amide bonds. The molecule has 5 nitrogen and oxygen atoms in total. The average molecular weight is 395 g/mol. The van der Waals surface area contributed by atoms with Crippen molar-refractivity contribution in [3.05, 3.63) is 76.0 Å². The smallest absolute Gasteiger partial charge is 0.264 e. The van der Waals surface area contributed by atoms with E-state index in [1.807, 2.05) is 6.07 Å². The van der Waals surface area contributed by atoms with Gasteiger partial charge >= 0.3 is 0 Å². The topological polar surface area (TPSA) is 75.0 Å². The highest BCUT2D eigenvalue weighted by Crippen LogP contribution is 2.22. The molecule has 0 aliphatic carbocycles. The predicted molar refractivity (Wildman–Crippen MR) is 106 cm³/mol. The van der Waals surface area contributed by atoms with E-state index in [2.05, 4.69) is 16.4 Å². The van der Waals surface area contributed by atoms with E-state index in [1.54, 1.807) is 43.5 Å². The van der Waals surface area contributed by atoms with Gasteiger partial charge in [0.2, 0.25) is 0 Å². The van der Waals surface area contributed by atoms with Crippen molar-refractivity contribution in [1.29, 1.82) is 5.26 Å². The Kier molecular flexibility index (Phi) is 6.35. The van der Waals surface area contributed by atoms with Crippen LogP contribution in [0.15, 0.2) is 48.7 Å². The Morgan fingerprint density at radius 1 is 1.25 bits per heavy atom. The van der Waals surface area contributed by atoms with Crippen LogP contribution in [-0.2, 0) is 17.6 Å². The van der Waals surface area contributed by atoms with Crippen LogP contribution in [0, 0.1) is 24.1 Å². The fraction of sp³-hybridized carbons (Fsp3) is 0.190. The molecule has 3 aromatic rings. The van der Waals surface area contributed by atoms with Crippen LogP contribution in [0.5, 0.6) is 5.75 Å². The maximum absolute atomic E-state index is 13.6. The van der Waals surface area contributed by atoms with Crippen LogP contribution in [0.1, 0.15) is 21.6 Å². The molecule has 0 aliphatic rings. The van der Waals surface area contributed by atoms with Gasteiger partial charge in [-0.15, -0.1) is 11.3 Å². The number of aromatic nitrogens is 1. The third-order valence-corrected chi connectivity index (χ3v) is 4.90. The number of aryl methyl sites for hydroxylation is 1. The molecule has 7 heteroatoms. The van der Waals surface area contributed by atoms with Crippen LogP contribution in [0.2, 0.25) is 0 Å². The Balaban J connectivity index is 1.50. The minimum absolute atomic E-state index is 0.143. The minimum Gasteiger partial charge on any atom is -0.484 e. The summed E-state index contributed by atoms with van der Waals surface area (Å²) in [7, 11) is 0. The molecule has 1 N–H and O–H groups in total. The van der Waals surface area contributed by atoms with E-state index in [0.717, 1.165) is 16.0 Å². The summed E-state index contributed by atoms with van der Waals surface area (Å²) in [5.74, 6) is 0.00907. The van der Waals surface area contributed by atoms with E-state index in [1.165, 1.54) is 17.4 Å². The van der Waals surface area contributed by atoms with Crippen molar-refractivity contribution in [3.8, 4) is 11.8 Å². The van der Waals surface area contributed by atoms with Crippen molar-refractivity contribution in [2.75, 3.05) is 11.9 Å². The zero-order chi connectivity index (χ0) is 19.9. The SMILES string of the molecule is Cc1ccc(Cc2cnc(NC(=O)COc3ccc(CC#N)cc3)s2)cc1F. The Bertz CT molecular complexity index is 1010. The first kappa shape index (κ1) is 19.5. The monoisotopic (exact) mass is 395 g/mol. The summed E-state index contributed by atoms with van der Waals surface area (Å²) in [4.78, 5) is 17.2. The summed E-state index contributed by atoms with van der Waals surface area (Å²) in [5.41, 5.74) is 2.36. The predicted octanol–water partition coefficient (Wildman–Crippen LogP) is 4.27. The molecule has 0 atom stereocenters. The fourth-order valence-electron chi connectivity index (χ4n) is 2.49. The quantitative estimate of drug-likeness (QED) is 0.648. The number of anilines is 1. The lowest BCUT2D eigenvalue weighted by atomic mass is 10.1. The van der Waals surface area contributed by atoms with Crippen LogP contribution >= 0.6 is 11.3 Å².